The fourth-order valence-electron chi connectivity index (χ4n) is 4.61. The molecule has 0 unspecified atom stereocenters. The van der Waals surface area contributed by atoms with Crippen molar-refractivity contribution >= 4 is 39.4 Å². The van der Waals surface area contributed by atoms with Crippen molar-refractivity contribution in [1.29, 1.82) is 0 Å². The number of imidazole rings is 1. The molecule has 3 aromatic heterocycles. The third-order valence-electron chi connectivity index (χ3n) is 6.51. The molecule has 1 fully saturated rings. The first-order valence-electron chi connectivity index (χ1n) is 11.6. The minimum absolute atomic E-state index is 0.0456. The quantitative estimate of drug-likeness (QED) is 0.171. The lowest BCUT2D eigenvalue weighted by atomic mass is 10.1. The number of aryl methyl sites for hydroxylation is 2. The highest BCUT2D eigenvalue weighted by Gasteiger charge is 2.24. The Bertz CT molecular complexity index is 1510. The van der Waals surface area contributed by atoms with E-state index in [4.69, 9.17) is 16.3 Å². The topological polar surface area (TPSA) is 133 Å². The zero-order valence-electron chi connectivity index (χ0n) is 19.8. The third-order valence-corrected chi connectivity index (χ3v) is 6.70. The molecule has 0 atom stereocenters. The Labute approximate surface area is 210 Å². The van der Waals surface area contributed by atoms with Crippen molar-refractivity contribution in [2.75, 3.05) is 31.3 Å². The van der Waals surface area contributed by atoms with Gasteiger partial charge in [-0.1, -0.05) is 0 Å². The lowest BCUT2D eigenvalue weighted by Gasteiger charge is -2.33. The number of nitro benzene ring substituents is 1. The maximum absolute atomic E-state index is 12.8. The van der Waals surface area contributed by atoms with E-state index in [1.54, 1.807) is 43.2 Å². The van der Waals surface area contributed by atoms with E-state index < -0.39 is 4.92 Å². The molecular weight excluding hydrogens is 488 g/mol. The van der Waals surface area contributed by atoms with Crippen molar-refractivity contribution in [3.05, 3.63) is 62.0 Å². The number of halogens is 1. The van der Waals surface area contributed by atoms with Crippen LogP contribution in [-0.2, 0) is 7.05 Å². The average Bonchev–Trinajstić information content (AvgIpc) is 3.10. The minimum Gasteiger partial charge on any atom is -0.491 e. The van der Waals surface area contributed by atoms with Gasteiger partial charge in [-0.05, 0) is 43.5 Å². The number of nitrogens with one attached hydrogen (secondary N) is 1. The van der Waals surface area contributed by atoms with E-state index in [0.717, 1.165) is 12.8 Å². The summed E-state index contributed by atoms with van der Waals surface area (Å²) >= 11 is 5.97. The summed E-state index contributed by atoms with van der Waals surface area (Å²) in [5, 5.41) is 17.5. The van der Waals surface area contributed by atoms with E-state index >= 15 is 0 Å². The Morgan fingerprint density at radius 2 is 2.06 bits per heavy atom. The minimum atomic E-state index is -0.395. The predicted octanol–water partition coefficient (Wildman–Crippen LogP) is 2.32. The molecular formula is C23H25ClN8O4. The van der Waals surface area contributed by atoms with Gasteiger partial charge in [0.15, 0.2) is 5.65 Å². The molecule has 1 aliphatic heterocycles. The van der Waals surface area contributed by atoms with Crippen LogP contribution in [0.25, 0.3) is 22.1 Å². The molecule has 1 aromatic carbocycles. The van der Waals surface area contributed by atoms with Crippen molar-refractivity contribution < 1.29 is 9.66 Å². The van der Waals surface area contributed by atoms with Crippen molar-refractivity contribution in [1.82, 2.24) is 29.5 Å². The van der Waals surface area contributed by atoms with Gasteiger partial charge in [0.25, 0.3) is 5.69 Å². The first-order valence-corrected chi connectivity index (χ1v) is 12.0. The number of ether oxygens (including phenoxy) is 1. The number of nitrogens with zero attached hydrogens (tertiary/aromatic N) is 7. The van der Waals surface area contributed by atoms with Gasteiger partial charge < -0.3 is 15.1 Å². The molecule has 4 aromatic rings. The number of aromatic nitrogens is 5. The molecule has 5 rings (SSSR count). The molecule has 36 heavy (non-hydrogen) atoms. The molecule has 13 heteroatoms. The van der Waals surface area contributed by atoms with Gasteiger partial charge in [-0.25, -0.2) is 9.78 Å². The number of fused-ring (bicyclic) bond motifs is 2. The normalized spacial score (nSPS) is 14.6. The lowest BCUT2D eigenvalue weighted by Crippen LogP contribution is -2.51. The van der Waals surface area contributed by atoms with E-state index in [-0.39, 0.29) is 22.7 Å². The summed E-state index contributed by atoms with van der Waals surface area (Å²) in [6.07, 6.45) is 4.87. The van der Waals surface area contributed by atoms with Crippen LogP contribution in [0, 0.1) is 17.0 Å². The summed E-state index contributed by atoms with van der Waals surface area (Å²) in [6, 6.07) is 5.21. The van der Waals surface area contributed by atoms with Crippen LogP contribution >= 0.6 is 11.6 Å². The van der Waals surface area contributed by atoms with Gasteiger partial charge in [0.1, 0.15) is 17.9 Å². The fraction of sp³-hybridized carbons (Fsp3) is 0.391. The van der Waals surface area contributed by atoms with Crippen molar-refractivity contribution in [3.63, 3.8) is 0 Å². The van der Waals surface area contributed by atoms with Gasteiger partial charge in [-0.3, -0.25) is 19.7 Å². The highest BCUT2D eigenvalue weighted by molar-refractivity contribution is 6.28. The molecule has 1 N–H and O–H groups in total. The lowest BCUT2D eigenvalue weighted by molar-refractivity contribution is -0.385. The summed E-state index contributed by atoms with van der Waals surface area (Å²) in [7, 11) is 1.69. The Balaban J connectivity index is 1.18. The number of rotatable bonds is 7. The summed E-state index contributed by atoms with van der Waals surface area (Å²) in [5.41, 5.74) is 2.22. The molecule has 0 amide bonds. The second kappa shape index (κ2) is 9.70. The maximum Gasteiger partial charge on any atom is 0.349 e. The second-order valence-electron chi connectivity index (χ2n) is 8.75. The summed E-state index contributed by atoms with van der Waals surface area (Å²) in [6.45, 7) is 4.06. The SMILES string of the molecule is Cc1cc2nccc(OCCNC3CCN(n4c(=O)n(C)c5cnc(Cl)nc54)CC3)c2cc1[N+](=O)[O-]. The first-order chi connectivity index (χ1) is 17.3. The zero-order chi connectivity index (χ0) is 25.4. The van der Waals surface area contributed by atoms with Gasteiger partial charge in [-0.15, -0.1) is 0 Å². The first kappa shape index (κ1) is 23.9. The highest BCUT2D eigenvalue weighted by Crippen LogP contribution is 2.30. The molecule has 0 bridgehead atoms. The van der Waals surface area contributed by atoms with Crippen LogP contribution in [0.5, 0.6) is 5.75 Å². The Hall–Kier alpha value is -3.77. The second-order valence-corrected chi connectivity index (χ2v) is 9.09. The number of benzene rings is 1. The van der Waals surface area contributed by atoms with Crippen LogP contribution in [0.4, 0.5) is 5.69 Å². The third kappa shape index (κ3) is 4.44. The summed E-state index contributed by atoms with van der Waals surface area (Å²) < 4.78 is 9.04. The van der Waals surface area contributed by atoms with Crippen molar-refractivity contribution in [2.24, 2.45) is 7.05 Å². The maximum atomic E-state index is 12.8. The number of hydrogen-bond donors (Lipinski definition) is 1. The fourth-order valence-corrected chi connectivity index (χ4v) is 4.73. The van der Waals surface area contributed by atoms with E-state index in [9.17, 15) is 14.9 Å². The zero-order valence-corrected chi connectivity index (χ0v) is 20.6. The van der Waals surface area contributed by atoms with Crippen molar-refractivity contribution in [3.8, 4) is 5.75 Å². The number of nitro groups is 1. The van der Waals surface area contributed by atoms with Gasteiger partial charge in [0.2, 0.25) is 5.28 Å². The average molecular weight is 513 g/mol. The Morgan fingerprint density at radius 3 is 2.81 bits per heavy atom. The number of piperidine rings is 1. The molecule has 1 saturated heterocycles. The van der Waals surface area contributed by atoms with E-state index in [2.05, 4.69) is 20.3 Å². The predicted molar refractivity (Wildman–Crippen MR) is 135 cm³/mol. The van der Waals surface area contributed by atoms with Crippen LogP contribution < -0.4 is 20.8 Å². The molecule has 12 nitrogen and oxygen atoms in total. The number of hydrogen-bond acceptors (Lipinski definition) is 9. The van der Waals surface area contributed by atoms with Gasteiger partial charge in [0, 0.05) is 55.9 Å². The number of pyridine rings is 1. The summed E-state index contributed by atoms with van der Waals surface area (Å²) in [4.78, 5) is 36.3. The van der Waals surface area contributed by atoms with E-state index in [1.165, 1.54) is 10.6 Å². The van der Waals surface area contributed by atoms with Crippen LogP contribution in [0.3, 0.4) is 0 Å². The Kier molecular flexibility index (Phi) is 6.46. The molecule has 0 radical (unpaired) electrons. The van der Waals surface area contributed by atoms with Crippen LogP contribution in [-0.4, -0.2) is 61.4 Å². The van der Waals surface area contributed by atoms with E-state index in [0.29, 0.717) is 59.6 Å². The Morgan fingerprint density at radius 1 is 1.28 bits per heavy atom. The van der Waals surface area contributed by atoms with Crippen LogP contribution in [0.1, 0.15) is 18.4 Å². The molecule has 0 aliphatic carbocycles. The van der Waals surface area contributed by atoms with Crippen LogP contribution in [0.2, 0.25) is 5.28 Å². The largest absolute Gasteiger partial charge is 0.491 e. The molecule has 1 aliphatic rings. The monoisotopic (exact) mass is 512 g/mol. The van der Waals surface area contributed by atoms with Crippen molar-refractivity contribution in [2.45, 2.75) is 25.8 Å². The highest BCUT2D eigenvalue weighted by atomic mass is 35.5. The summed E-state index contributed by atoms with van der Waals surface area (Å²) in [5.74, 6) is 0.565. The smallest absolute Gasteiger partial charge is 0.349 e. The van der Waals surface area contributed by atoms with E-state index in [1.807, 2.05) is 5.01 Å². The van der Waals surface area contributed by atoms with Crippen LogP contribution in [0.15, 0.2) is 35.4 Å². The van der Waals surface area contributed by atoms with Gasteiger partial charge >= 0.3 is 5.69 Å². The standard InChI is InChI=1S/C23H25ClN8O4/c1-14-11-17-16(12-18(14)32(34)35)20(3-6-26-17)36-10-7-25-15-4-8-30(9-5-15)31-21-19(29(2)23(31)33)13-27-22(24)28-21/h3,6,11-13,15,25H,4-5,7-10H2,1-2H3. The van der Waals surface area contributed by atoms with Gasteiger partial charge in [-0.2, -0.15) is 9.66 Å². The van der Waals surface area contributed by atoms with Gasteiger partial charge in [0.05, 0.1) is 16.6 Å². The molecule has 188 valence electrons. The molecule has 4 heterocycles. The molecule has 0 saturated carbocycles. The molecule has 0 spiro atoms.